The smallest absolute Gasteiger partial charge is 0.321 e. The van der Waals surface area contributed by atoms with Crippen molar-refractivity contribution < 1.29 is 4.79 Å². The number of hydrogen-bond acceptors (Lipinski definition) is 2. The Morgan fingerprint density at radius 1 is 1.04 bits per heavy atom. The summed E-state index contributed by atoms with van der Waals surface area (Å²) in [6, 6.07) is 16.5. The van der Waals surface area contributed by atoms with E-state index in [9.17, 15) is 4.79 Å². The third-order valence-corrected chi connectivity index (χ3v) is 5.07. The van der Waals surface area contributed by atoms with Crippen molar-refractivity contribution in [2.75, 3.05) is 31.5 Å². The van der Waals surface area contributed by atoms with Crippen LogP contribution >= 0.6 is 15.9 Å². The first-order valence-electron chi connectivity index (χ1n) is 8.75. The third kappa shape index (κ3) is 5.06. The van der Waals surface area contributed by atoms with Crippen molar-refractivity contribution in [3.05, 3.63) is 64.1 Å². The summed E-state index contributed by atoms with van der Waals surface area (Å²) >= 11 is 3.42. The first-order chi connectivity index (χ1) is 12.1. The van der Waals surface area contributed by atoms with E-state index in [1.54, 1.807) is 0 Å². The van der Waals surface area contributed by atoms with Crippen molar-refractivity contribution in [1.82, 2.24) is 9.80 Å². The third-order valence-electron chi connectivity index (χ3n) is 4.57. The fourth-order valence-corrected chi connectivity index (χ4v) is 3.42. The Hall–Kier alpha value is -1.85. The van der Waals surface area contributed by atoms with Crippen molar-refractivity contribution in [3.8, 4) is 0 Å². The zero-order valence-electron chi connectivity index (χ0n) is 14.5. The van der Waals surface area contributed by atoms with Gasteiger partial charge in [-0.2, -0.15) is 0 Å². The van der Waals surface area contributed by atoms with Gasteiger partial charge in [-0.1, -0.05) is 53.2 Å². The summed E-state index contributed by atoms with van der Waals surface area (Å²) in [5, 5.41) is 2.97. The van der Waals surface area contributed by atoms with Crippen molar-refractivity contribution >= 4 is 27.6 Å². The van der Waals surface area contributed by atoms with Crippen LogP contribution in [0.3, 0.4) is 0 Å². The van der Waals surface area contributed by atoms with Crippen LogP contribution in [0.25, 0.3) is 0 Å². The fourth-order valence-electron chi connectivity index (χ4n) is 3.02. The standard InChI is InChI=1S/C20H24BrN3O/c1-2-16-6-8-17(9-7-16)15-23-10-12-24(13-11-23)20(25)22-19-5-3-4-18(21)14-19/h3-9,14H,2,10-13,15H2,1H3,(H,22,25). The van der Waals surface area contributed by atoms with Gasteiger partial charge in [0.1, 0.15) is 0 Å². The number of amides is 2. The quantitative estimate of drug-likeness (QED) is 0.825. The number of hydrogen-bond donors (Lipinski definition) is 1. The van der Waals surface area contributed by atoms with Gasteiger partial charge in [0.15, 0.2) is 0 Å². The van der Waals surface area contributed by atoms with E-state index >= 15 is 0 Å². The van der Waals surface area contributed by atoms with Gasteiger partial charge in [0, 0.05) is 42.9 Å². The van der Waals surface area contributed by atoms with E-state index < -0.39 is 0 Å². The minimum Gasteiger partial charge on any atom is -0.322 e. The van der Waals surface area contributed by atoms with Gasteiger partial charge in [-0.05, 0) is 35.7 Å². The molecule has 1 aliphatic heterocycles. The van der Waals surface area contributed by atoms with Crippen molar-refractivity contribution in [3.63, 3.8) is 0 Å². The Kier molecular flexibility index (Phi) is 6.10. The molecule has 0 unspecified atom stereocenters. The maximum absolute atomic E-state index is 12.4. The normalized spacial score (nSPS) is 15.2. The number of carbonyl (C=O) groups is 1. The molecule has 1 fully saturated rings. The molecule has 0 saturated carbocycles. The van der Waals surface area contributed by atoms with Gasteiger partial charge in [-0.3, -0.25) is 4.90 Å². The number of nitrogens with zero attached hydrogens (tertiary/aromatic N) is 2. The second-order valence-corrected chi connectivity index (χ2v) is 7.29. The van der Waals surface area contributed by atoms with E-state index in [2.05, 4.69) is 57.3 Å². The Balaban J connectivity index is 1.48. The van der Waals surface area contributed by atoms with Crippen LogP contribution in [0, 0.1) is 0 Å². The van der Waals surface area contributed by atoms with E-state index in [0.717, 1.165) is 49.3 Å². The SMILES string of the molecule is CCc1ccc(CN2CCN(C(=O)Nc3cccc(Br)c3)CC2)cc1. The molecule has 1 aliphatic rings. The molecule has 2 aromatic carbocycles. The van der Waals surface area contributed by atoms with Crippen LogP contribution in [-0.4, -0.2) is 42.0 Å². The van der Waals surface area contributed by atoms with E-state index in [1.165, 1.54) is 11.1 Å². The van der Waals surface area contributed by atoms with E-state index in [0.29, 0.717) is 0 Å². The van der Waals surface area contributed by atoms with Gasteiger partial charge in [0.05, 0.1) is 0 Å². The Labute approximate surface area is 158 Å². The molecule has 1 heterocycles. The monoisotopic (exact) mass is 401 g/mol. The van der Waals surface area contributed by atoms with Crippen LogP contribution in [0.2, 0.25) is 0 Å². The number of anilines is 1. The molecule has 1 N–H and O–H groups in total. The van der Waals surface area contributed by atoms with Gasteiger partial charge in [0.25, 0.3) is 0 Å². The lowest BCUT2D eigenvalue weighted by Gasteiger charge is -2.34. The topological polar surface area (TPSA) is 35.6 Å². The summed E-state index contributed by atoms with van der Waals surface area (Å²) < 4.78 is 0.962. The largest absolute Gasteiger partial charge is 0.322 e. The Morgan fingerprint density at radius 3 is 2.36 bits per heavy atom. The molecule has 2 amide bonds. The summed E-state index contributed by atoms with van der Waals surface area (Å²) in [5.41, 5.74) is 3.53. The van der Waals surface area contributed by atoms with Crippen molar-refractivity contribution in [2.45, 2.75) is 19.9 Å². The van der Waals surface area contributed by atoms with Crippen LogP contribution in [0.4, 0.5) is 10.5 Å². The molecule has 1 saturated heterocycles. The molecule has 4 nitrogen and oxygen atoms in total. The molecule has 2 aromatic rings. The first-order valence-corrected chi connectivity index (χ1v) is 9.55. The predicted molar refractivity (Wildman–Crippen MR) is 106 cm³/mol. The van der Waals surface area contributed by atoms with Crippen molar-refractivity contribution in [1.29, 1.82) is 0 Å². The average molecular weight is 402 g/mol. The first kappa shape index (κ1) is 18.0. The molecule has 0 bridgehead atoms. The number of halogens is 1. The van der Waals surface area contributed by atoms with Crippen molar-refractivity contribution in [2.24, 2.45) is 0 Å². The molecule has 0 aliphatic carbocycles. The number of benzene rings is 2. The van der Waals surface area contributed by atoms with Gasteiger partial charge in [0.2, 0.25) is 0 Å². The lowest BCUT2D eigenvalue weighted by Crippen LogP contribution is -2.49. The molecular formula is C20H24BrN3O. The van der Waals surface area contributed by atoms with Crippen LogP contribution in [0.1, 0.15) is 18.1 Å². The lowest BCUT2D eigenvalue weighted by molar-refractivity contribution is 0.143. The van der Waals surface area contributed by atoms with Crippen LogP contribution < -0.4 is 5.32 Å². The van der Waals surface area contributed by atoms with E-state index in [4.69, 9.17) is 0 Å². The van der Waals surface area contributed by atoms with Crippen LogP contribution in [-0.2, 0) is 13.0 Å². The second kappa shape index (κ2) is 8.50. The molecule has 25 heavy (non-hydrogen) atoms. The average Bonchev–Trinajstić information content (AvgIpc) is 2.63. The minimum absolute atomic E-state index is 0.0231. The highest BCUT2D eigenvalue weighted by molar-refractivity contribution is 9.10. The number of rotatable bonds is 4. The maximum atomic E-state index is 12.4. The van der Waals surface area contributed by atoms with Gasteiger partial charge in [-0.25, -0.2) is 4.79 Å². The predicted octanol–water partition coefficient (Wildman–Crippen LogP) is 4.36. The van der Waals surface area contributed by atoms with Gasteiger partial charge in [-0.15, -0.1) is 0 Å². The molecule has 0 radical (unpaired) electrons. The summed E-state index contributed by atoms with van der Waals surface area (Å²) in [6.07, 6.45) is 1.08. The fraction of sp³-hybridized carbons (Fsp3) is 0.350. The Bertz CT molecular complexity index is 709. The van der Waals surface area contributed by atoms with Crippen LogP contribution in [0.15, 0.2) is 53.0 Å². The maximum Gasteiger partial charge on any atom is 0.321 e. The molecule has 0 atom stereocenters. The molecule has 3 rings (SSSR count). The van der Waals surface area contributed by atoms with E-state index in [-0.39, 0.29) is 6.03 Å². The van der Waals surface area contributed by atoms with Gasteiger partial charge < -0.3 is 10.2 Å². The molecule has 132 valence electrons. The molecule has 5 heteroatoms. The number of piperazine rings is 1. The highest BCUT2D eigenvalue weighted by Crippen LogP contribution is 2.17. The lowest BCUT2D eigenvalue weighted by atomic mass is 10.1. The second-order valence-electron chi connectivity index (χ2n) is 6.37. The summed E-state index contributed by atoms with van der Waals surface area (Å²) in [5.74, 6) is 0. The summed E-state index contributed by atoms with van der Waals surface area (Å²) in [4.78, 5) is 16.7. The van der Waals surface area contributed by atoms with E-state index in [1.807, 2.05) is 29.2 Å². The minimum atomic E-state index is -0.0231. The summed E-state index contributed by atoms with van der Waals surface area (Å²) in [7, 11) is 0. The zero-order chi connectivity index (χ0) is 17.6. The summed E-state index contributed by atoms with van der Waals surface area (Å²) in [6.45, 7) is 6.45. The number of aryl methyl sites for hydroxylation is 1. The molecule has 0 spiro atoms. The van der Waals surface area contributed by atoms with Crippen LogP contribution in [0.5, 0.6) is 0 Å². The molecular weight excluding hydrogens is 378 g/mol. The van der Waals surface area contributed by atoms with Gasteiger partial charge >= 0.3 is 6.03 Å². The number of nitrogens with one attached hydrogen (secondary N) is 1. The molecule has 0 aromatic heterocycles. The Morgan fingerprint density at radius 2 is 1.72 bits per heavy atom. The number of urea groups is 1. The zero-order valence-corrected chi connectivity index (χ0v) is 16.1. The highest BCUT2D eigenvalue weighted by Gasteiger charge is 2.21. The number of carbonyl (C=O) groups excluding carboxylic acids is 1. The highest BCUT2D eigenvalue weighted by atomic mass is 79.9.